The van der Waals surface area contributed by atoms with E-state index in [2.05, 4.69) is 28.8 Å². The van der Waals surface area contributed by atoms with Crippen LogP contribution in [-0.2, 0) is 13.0 Å². The molecule has 5 rings (SSSR count). The Kier molecular flexibility index (Phi) is 5.38. The summed E-state index contributed by atoms with van der Waals surface area (Å²) >= 11 is 0. The summed E-state index contributed by atoms with van der Waals surface area (Å²) < 4.78 is 8.02. The molecule has 1 aromatic heterocycles. The zero-order valence-electron chi connectivity index (χ0n) is 17.2. The lowest BCUT2D eigenvalue weighted by atomic mass is 10.1. The van der Waals surface area contributed by atoms with Gasteiger partial charge in [0, 0.05) is 6.42 Å². The van der Waals surface area contributed by atoms with Gasteiger partial charge in [-0.3, -0.25) is 0 Å². The molecule has 4 aromatic carbocycles. The molecule has 1 unspecified atom stereocenters. The topological polar surface area (TPSA) is 47.3 Å². The molecule has 0 aliphatic heterocycles. The van der Waals surface area contributed by atoms with Gasteiger partial charge in [0.1, 0.15) is 24.3 Å². The largest absolute Gasteiger partial charge is 0.491 e. The van der Waals surface area contributed by atoms with Crippen molar-refractivity contribution in [3.63, 3.8) is 0 Å². The van der Waals surface area contributed by atoms with Crippen LogP contribution < -0.4 is 4.74 Å². The second-order valence-electron chi connectivity index (χ2n) is 7.76. The molecule has 0 amide bonds. The van der Waals surface area contributed by atoms with E-state index in [1.165, 1.54) is 10.9 Å². The predicted octanol–water partition coefficient (Wildman–Crippen LogP) is 5.22. The summed E-state index contributed by atoms with van der Waals surface area (Å²) in [6.45, 7) is 0.645. The average Bonchev–Trinajstić information content (AvgIpc) is 3.15. The van der Waals surface area contributed by atoms with Crippen LogP contribution in [0.4, 0.5) is 0 Å². The molecule has 0 spiro atoms. The maximum Gasteiger partial charge on any atom is 0.120 e. The van der Waals surface area contributed by atoms with Gasteiger partial charge in [0.15, 0.2) is 0 Å². The van der Waals surface area contributed by atoms with E-state index in [9.17, 15) is 5.11 Å². The summed E-state index contributed by atoms with van der Waals surface area (Å²) in [5.41, 5.74) is 3.16. The summed E-state index contributed by atoms with van der Waals surface area (Å²) in [7, 11) is 0. The van der Waals surface area contributed by atoms with Crippen LogP contribution in [0.2, 0.25) is 0 Å². The lowest BCUT2D eigenvalue weighted by molar-refractivity contribution is 0.0929. The van der Waals surface area contributed by atoms with E-state index in [0.717, 1.165) is 28.0 Å². The van der Waals surface area contributed by atoms with E-state index < -0.39 is 6.10 Å². The minimum Gasteiger partial charge on any atom is -0.491 e. The molecule has 0 saturated carbocycles. The molecule has 0 saturated heterocycles. The maximum absolute atomic E-state index is 10.8. The van der Waals surface area contributed by atoms with Crippen LogP contribution in [0.3, 0.4) is 0 Å². The normalized spacial score (nSPS) is 12.3. The Bertz CT molecular complexity index is 1310. The number of nitrogens with zero attached hydrogens (tertiary/aromatic N) is 2. The Labute approximate surface area is 181 Å². The van der Waals surface area contributed by atoms with E-state index in [-0.39, 0.29) is 6.61 Å². The van der Waals surface area contributed by atoms with Crippen molar-refractivity contribution in [2.45, 2.75) is 19.1 Å². The van der Waals surface area contributed by atoms with Gasteiger partial charge in [-0.15, -0.1) is 0 Å². The fraction of sp³-hybridized carbons (Fsp3) is 0.148. The van der Waals surface area contributed by atoms with Crippen molar-refractivity contribution in [3.8, 4) is 5.75 Å². The zero-order chi connectivity index (χ0) is 21.0. The summed E-state index contributed by atoms with van der Waals surface area (Å²) in [6.07, 6.45) is 0.0620. The Hall–Kier alpha value is -3.63. The third-order valence-electron chi connectivity index (χ3n) is 5.50. The first kappa shape index (κ1) is 19.3. The minimum atomic E-state index is -0.654. The predicted molar refractivity (Wildman–Crippen MR) is 124 cm³/mol. The number of para-hydroxylation sites is 2. The highest BCUT2D eigenvalue weighted by Gasteiger charge is 2.15. The van der Waals surface area contributed by atoms with Crippen molar-refractivity contribution in [1.82, 2.24) is 9.55 Å². The molecule has 1 heterocycles. The van der Waals surface area contributed by atoms with Crippen molar-refractivity contribution >= 4 is 21.8 Å². The maximum atomic E-state index is 10.8. The molecule has 4 heteroatoms. The number of aliphatic hydroxyl groups is 1. The monoisotopic (exact) mass is 408 g/mol. The summed E-state index contributed by atoms with van der Waals surface area (Å²) in [4.78, 5) is 4.82. The second-order valence-corrected chi connectivity index (χ2v) is 7.76. The summed E-state index contributed by atoms with van der Waals surface area (Å²) in [5.74, 6) is 1.70. The van der Waals surface area contributed by atoms with Crippen LogP contribution in [-0.4, -0.2) is 27.4 Å². The summed E-state index contributed by atoms with van der Waals surface area (Å²) in [5, 5.41) is 13.1. The Morgan fingerprint density at radius 1 is 0.806 bits per heavy atom. The SMILES string of the molecule is OC(COc1ccc2ccccc2c1)Cn1c(Cc2ccccc2)nc2ccccc21. The highest BCUT2D eigenvalue weighted by molar-refractivity contribution is 5.83. The highest BCUT2D eigenvalue weighted by Crippen LogP contribution is 2.22. The first-order chi connectivity index (χ1) is 15.3. The number of imidazole rings is 1. The van der Waals surface area contributed by atoms with E-state index >= 15 is 0 Å². The van der Waals surface area contributed by atoms with Gasteiger partial charge in [-0.2, -0.15) is 0 Å². The first-order valence-corrected chi connectivity index (χ1v) is 10.5. The fourth-order valence-corrected chi connectivity index (χ4v) is 3.96. The van der Waals surface area contributed by atoms with Gasteiger partial charge in [-0.05, 0) is 40.6 Å². The van der Waals surface area contributed by atoms with Crippen molar-refractivity contribution in [1.29, 1.82) is 0 Å². The molecular weight excluding hydrogens is 384 g/mol. The van der Waals surface area contributed by atoms with E-state index in [0.29, 0.717) is 13.0 Å². The first-order valence-electron chi connectivity index (χ1n) is 10.5. The average molecular weight is 409 g/mol. The van der Waals surface area contributed by atoms with Gasteiger partial charge >= 0.3 is 0 Å². The summed E-state index contributed by atoms with van der Waals surface area (Å²) in [6, 6.07) is 32.5. The lowest BCUT2D eigenvalue weighted by Crippen LogP contribution is -2.24. The van der Waals surface area contributed by atoms with Crippen molar-refractivity contribution in [2.75, 3.05) is 6.61 Å². The fourth-order valence-electron chi connectivity index (χ4n) is 3.96. The number of rotatable bonds is 7. The van der Waals surface area contributed by atoms with Crippen LogP contribution in [0.1, 0.15) is 11.4 Å². The van der Waals surface area contributed by atoms with Crippen molar-refractivity contribution in [2.24, 2.45) is 0 Å². The number of aliphatic hydroxyl groups excluding tert-OH is 1. The number of ether oxygens (including phenoxy) is 1. The van der Waals surface area contributed by atoms with Crippen molar-refractivity contribution < 1.29 is 9.84 Å². The molecular formula is C27H24N2O2. The number of aromatic nitrogens is 2. The molecule has 0 fully saturated rings. The van der Waals surface area contributed by atoms with E-state index in [1.807, 2.05) is 72.8 Å². The lowest BCUT2D eigenvalue weighted by Gasteiger charge is -2.16. The molecule has 0 radical (unpaired) electrons. The van der Waals surface area contributed by atoms with Gasteiger partial charge in [0.2, 0.25) is 0 Å². The molecule has 0 aliphatic carbocycles. The van der Waals surface area contributed by atoms with Crippen LogP contribution in [0.15, 0.2) is 97.1 Å². The number of hydrogen-bond donors (Lipinski definition) is 1. The Balaban J connectivity index is 1.34. The van der Waals surface area contributed by atoms with Gasteiger partial charge in [0.25, 0.3) is 0 Å². The molecule has 154 valence electrons. The molecule has 1 N–H and O–H groups in total. The van der Waals surface area contributed by atoms with Gasteiger partial charge in [-0.1, -0.05) is 72.8 Å². The van der Waals surface area contributed by atoms with Crippen LogP contribution >= 0.6 is 0 Å². The zero-order valence-corrected chi connectivity index (χ0v) is 17.2. The van der Waals surface area contributed by atoms with Gasteiger partial charge < -0.3 is 14.4 Å². The van der Waals surface area contributed by atoms with Crippen LogP contribution in [0.25, 0.3) is 21.8 Å². The van der Waals surface area contributed by atoms with E-state index in [4.69, 9.17) is 9.72 Å². The van der Waals surface area contributed by atoms with Crippen LogP contribution in [0.5, 0.6) is 5.75 Å². The Morgan fingerprint density at radius 2 is 1.55 bits per heavy atom. The smallest absolute Gasteiger partial charge is 0.120 e. The number of fused-ring (bicyclic) bond motifs is 2. The molecule has 31 heavy (non-hydrogen) atoms. The van der Waals surface area contributed by atoms with E-state index in [1.54, 1.807) is 0 Å². The molecule has 0 bridgehead atoms. The molecule has 5 aromatic rings. The number of benzene rings is 4. The minimum absolute atomic E-state index is 0.218. The quantitative estimate of drug-likeness (QED) is 0.402. The van der Waals surface area contributed by atoms with Gasteiger partial charge in [-0.25, -0.2) is 4.98 Å². The highest BCUT2D eigenvalue weighted by atomic mass is 16.5. The third kappa shape index (κ3) is 4.30. The second kappa shape index (κ2) is 8.62. The van der Waals surface area contributed by atoms with Crippen LogP contribution in [0, 0.1) is 0 Å². The molecule has 0 aliphatic rings. The third-order valence-corrected chi connectivity index (χ3v) is 5.50. The van der Waals surface area contributed by atoms with Gasteiger partial charge in [0.05, 0.1) is 17.6 Å². The molecule has 1 atom stereocenters. The molecule has 4 nitrogen and oxygen atoms in total. The number of hydrogen-bond acceptors (Lipinski definition) is 3. The Morgan fingerprint density at radius 3 is 2.42 bits per heavy atom. The van der Waals surface area contributed by atoms with Crippen molar-refractivity contribution in [3.05, 3.63) is 108 Å². The standard InChI is InChI=1S/C27H24N2O2/c30-23(19-31-24-15-14-21-10-4-5-11-22(21)17-24)18-29-26-13-7-6-12-25(26)28-27(29)16-20-8-2-1-3-9-20/h1-15,17,23,30H,16,18-19H2.